The van der Waals surface area contributed by atoms with Crippen molar-refractivity contribution in [1.29, 1.82) is 5.26 Å². The lowest BCUT2D eigenvalue weighted by atomic mass is 9.97. The third-order valence-corrected chi connectivity index (χ3v) is 4.54. The van der Waals surface area contributed by atoms with E-state index in [-0.39, 0.29) is 0 Å². The molecule has 0 spiro atoms. The van der Waals surface area contributed by atoms with E-state index in [1.54, 1.807) is 0 Å². The van der Waals surface area contributed by atoms with E-state index in [0.29, 0.717) is 0 Å². The Balaban J connectivity index is 1.97. The molecule has 0 aliphatic heterocycles. The number of benzene rings is 3. The Bertz CT molecular complexity index is 862. The second-order valence-electron chi connectivity index (χ2n) is 5.81. The van der Waals surface area contributed by atoms with Crippen molar-refractivity contribution in [3.63, 3.8) is 0 Å². The zero-order valence-electron chi connectivity index (χ0n) is 13.3. The highest BCUT2D eigenvalue weighted by atomic mass is 31.0. The van der Waals surface area contributed by atoms with Gasteiger partial charge < -0.3 is 0 Å². The Kier molecular flexibility index (Phi) is 4.28. The van der Waals surface area contributed by atoms with Crippen LogP contribution in [0, 0.1) is 25.2 Å². The van der Waals surface area contributed by atoms with Gasteiger partial charge in [-0.1, -0.05) is 60.2 Å². The minimum atomic E-state index is 0.745. The van der Waals surface area contributed by atoms with Crippen LogP contribution in [-0.4, -0.2) is 0 Å². The van der Waals surface area contributed by atoms with Gasteiger partial charge in [-0.2, -0.15) is 5.26 Å². The summed E-state index contributed by atoms with van der Waals surface area (Å²) >= 11 is 0. The normalized spacial score (nSPS) is 10.3. The summed E-state index contributed by atoms with van der Waals surface area (Å²) in [6, 6.07) is 23.5. The van der Waals surface area contributed by atoms with E-state index in [1.165, 1.54) is 16.7 Å². The Morgan fingerprint density at radius 1 is 0.739 bits per heavy atom. The molecular formula is C21H18NP. The molecule has 0 saturated heterocycles. The zero-order valence-corrected chi connectivity index (χ0v) is 14.5. The van der Waals surface area contributed by atoms with Crippen LogP contribution in [0.4, 0.5) is 0 Å². The molecule has 0 aromatic heterocycles. The summed E-state index contributed by atoms with van der Waals surface area (Å²) in [6.07, 6.45) is 0. The largest absolute Gasteiger partial charge is 0.192 e. The lowest BCUT2D eigenvalue weighted by Gasteiger charge is -2.09. The van der Waals surface area contributed by atoms with Gasteiger partial charge in [0, 0.05) is 0 Å². The van der Waals surface area contributed by atoms with Gasteiger partial charge in [0.1, 0.15) is 6.07 Å². The summed E-state index contributed by atoms with van der Waals surface area (Å²) in [5.74, 6) is 0. The molecule has 0 radical (unpaired) electrons. The van der Waals surface area contributed by atoms with E-state index < -0.39 is 0 Å². The van der Waals surface area contributed by atoms with Gasteiger partial charge in [0.15, 0.2) is 0 Å². The fourth-order valence-electron chi connectivity index (χ4n) is 2.73. The first-order valence-electron chi connectivity index (χ1n) is 7.56. The lowest BCUT2D eigenvalue weighted by molar-refractivity contribution is 1.41. The molecule has 2 heteroatoms. The number of hydrogen-bond acceptors (Lipinski definition) is 1. The van der Waals surface area contributed by atoms with Gasteiger partial charge in [-0.3, -0.25) is 0 Å². The molecule has 112 valence electrons. The van der Waals surface area contributed by atoms with Crippen LogP contribution >= 0.6 is 9.24 Å². The van der Waals surface area contributed by atoms with Crippen molar-refractivity contribution >= 4 is 14.5 Å². The van der Waals surface area contributed by atoms with Crippen molar-refractivity contribution in [1.82, 2.24) is 0 Å². The molecule has 0 aliphatic rings. The van der Waals surface area contributed by atoms with Crippen LogP contribution in [0.2, 0.25) is 0 Å². The molecule has 0 fully saturated rings. The summed E-state index contributed by atoms with van der Waals surface area (Å²) in [6.45, 7) is 4.08. The van der Waals surface area contributed by atoms with Crippen molar-refractivity contribution in [3.05, 3.63) is 77.4 Å². The minimum Gasteiger partial charge on any atom is -0.192 e. The number of aryl methyl sites for hydroxylation is 2. The van der Waals surface area contributed by atoms with Crippen molar-refractivity contribution in [2.75, 3.05) is 0 Å². The quantitative estimate of drug-likeness (QED) is 0.610. The first-order chi connectivity index (χ1) is 11.1. The van der Waals surface area contributed by atoms with Gasteiger partial charge in [0.2, 0.25) is 0 Å². The van der Waals surface area contributed by atoms with Crippen LogP contribution < -0.4 is 5.30 Å². The first kappa shape index (κ1) is 15.5. The smallest absolute Gasteiger partial charge is 0.100 e. The molecule has 0 heterocycles. The fraction of sp³-hybridized carbons (Fsp3) is 0.0952. The molecule has 23 heavy (non-hydrogen) atoms. The zero-order chi connectivity index (χ0) is 16.4. The molecular weight excluding hydrogens is 297 g/mol. The predicted molar refractivity (Wildman–Crippen MR) is 101 cm³/mol. The third kappa shape index (κ3) is 3.19. The Hall–Kier alpha value is -2.42. The first-order valence-corrected chi connectivity index (χ1v) is 8.14. The van der Waals surface area contributed by atoms with Gasteiger partial charge in [-0.15, -0.1) is 9.24 Å². The Morgan fingerprint density at radius 2 is 1.22 bits per heavy atom. The molecule has 1 unspecified atom stereocenters. The molecule has 0 amide bonds. The van der Waals surface area contributed by atoms with Crippen LogP contribution in [0.5, 0.6) is 0 Å². The number of nitrogens with zero attached hydrogens (tertiary/aromatic N) is 1. The summed E-state index contributed by atoms with van der Waals surface area (Å²) in [4.78, 5) is 0. The average molecular weight is 315 g/mol. The van der Waals surface area contributed by atoms with Gasteiger partial charge >= 0.3 is 0 Å². The van der Waals surface area contributed by atoms with Gasteiger partial charge in [-0.25, -0.2) is 0 Å². The maximum absolute atomic E-state index is 9.18. The summed E-state index contributed by atoms with van der Waals surface area (Å²) in [7, 11) is 2.66. The monoisotopic (exact) mass is 315 g/mol. The maximum Gasteiger partial charge on any atom is 0.100 e. The second-order valence-corrected chi connectivity index (χ2v) is 6.43. The van der Waals surface area contributed by atoms with Crippen molar-refractivity contribution in [2.24, 2.45) is 0 Å². The topological polar surface area (TPSA) is 23.8 Å². The highest BCUT2D eigenvalue weighted by Gasteiger charge is 2.06. The predicted octanol–water partition coefficient (Wildman–Crippen LogP) is 5.01. The van der Waals surface area contributed by atoms with E-state index >= 15 is 0 Å². The molecule has 3 rings (SSSR count). The van der Waals surface area contributed by atoms with E-state index in [0.717, 1.165) is 27.6 Å². The van der Waals surface area contributed by atoms with Crippen LogP contribution in [0.3, 0.4) is 0 Å². The highest BCUT2D eigenvalue weighted by molar-refractivity contribution is 7.27. The Labute approximate surface area is 139 Å². The molecule has 3 aromatic carbocycles. The van der Waals surface area contributed by atoms with E-state index in [1.807, 2.05) is 6.92 Å². The van der Waals surface area contributed by atoms with E-state index in [9.17, 15) is 5.26 Å². The van der Waals surface area contributed by atoms with E-state index in [4.69, 9.17) is 0 Å². The van der Waals surface area contributed by atoms with Gasteiger partial charge in [0.25, 0.3) is 0 Å². The maximum atomic E-state index is 9.18. The lowest BCUT2D eigenvalue weighted by Crippen LogP contribution is -2.01. The molecule has 0 aliphatic carbocycles. The van der Waals surface area contributed by atoms with E-state index in [2.05, 4.69) is 82.9 Å². The highest BCUT2D eigenvalue weighted by Crippen LogP contribution is 2.26. The molecule has 3 aromatic rings. The molecule has 0 saturated carbocycles. The number of rotatable bonds is 2. The Morgan fingerprint density at radius 3 is 1.70 bits per heavy atom. The summed E-state index contributed by atoms with van der Waals surface area (Å²) < 4.78 is 0. The number of hydrogen-bond donors (Lipinski definition) is 0. The van der Waals surface area contributed by atoms with Crippen molar-refractivity contribution in [3.8, 4) is 28.3 Å². The number of nitriles is 1. The summed E-state index contributed by atoms with van der Waals surface area (Å²) in [5.41, 5.74) is 7.77. The summed E-state index contributed by atoms with van der Waals surface area (Å²) in [5, 5.41) is 10.1. The molecule has 0 N–H and O–H groups in total. The van der Waals surface area contributed by atoms with Crippen LogP contribution in [0.25, 0.3) is 22.3 Å². The average Bonchev–Trinajstić information content (AvgIpc) is 2.55. The van der Waals surface area contributed by atoms with Crippen molar-refractivity contribution < 1.29 is 0 Å². The van der Waals surface area contributed by atoms with Crippen LogP contribution in [0.1, 0.15) is 16.7 Å². The van der Waals surface area contributed by atoms with Gasteiger partial charge in [0.05, 0.1) is 5.56 Å². The SMILES string of the molecule is Cc1ccc(-c2ccc(-c3cc(C)c(C#N)c(P)c3)cc2)cc1. The second kappa shape index (κ2) is 6.37. The molecule has 1 nitrogen and oxygen atoms in total. The minimum absolute atomic E-state index is 0.745. The molecule has 0 bridgehead atoms. The van der Waals surface area contributed by atoms with Gasteiger partial charge in [-0.05, 0) is 53.0 Å². The standard InChI is InChI=1S/C21H18NP/c1-14-3-5-16(6-4-14)17-7-9-18(10-8-17)19-11-15(2)20(13-22)21(23)12-19/h3-12H,23H2,1-2H3. The van der Waals surface area contributed by atoms with Crippen LogP contribution in [-0.2, 0) is 0 Å². The van der Waals surface area contributed by atoms with Crippen LogP contribution in [0.15, 0.2) is 60.7 Å². The fourth-order valence-corrected chi connectivity index (χ4v) is 3.21. The van der Waals surface area contributed by atoms with Crippen molar-refractivity contribution in [2.45, 2.75) is 13.8 Å². The third-order valence-electron chi connectivity index (χ3n) is 4.08. The molecule has 1 atom stereocenters.